The van der Waals surface area contributed by atoms with E-state index in [1.807, 2.05) is 6.07 Å². The molecule has 4 N–H and O–H groups in total. The zero-order chi connectivity index (χ0) is 9.10. The van der Waals surface area contributed by atoms with Crippen molar-refractivity contribution in [3.63, 3.8) is 0 Å². The molecule has 1 aromatic rings. The summed E-state index contributed by atoms with van der Waals surface area (Å²) in [4.78, 5) is 0. The zero-order valence-corrected chi connectivity index (χ0v) is 7.53. The topological polar surface area (TPSA) is 50.1 Å². The number of hydrogen-bond donors (Lipinski definition) is 3. The standard InChI is InChI=1S/C10H15N3/c11-7-9-6-10(13-12-9)8-4-2-1-3-5-8/h1-5,9-10,12-13H,6-7,11H2. The molecule has 0 aliphatic carbocycles. The first kappa shape index (κ1) is 8.69. The van der Waals surface area contributed by atoms with Gasteiger partial charge in [0.1, 0.15) is 0 Å². The highest BCUT2D eigenvalue weighted by molar-refractivity contribution is 5.19. The van der Waals surface area contributed by atoms with Gasteiger partial charge in [0.05, 0.1) is 0 Å². The highest BCUT2D eigenvalue weighted by Crippen LogP contribution is 2.20. The third kappa shape index (κ3) is 1.88. The number of nitrogens with one attached hydrogen (secondary N) is 2. The second-order valence-corrected chi connectivity index (χ2v) is 3.42. The molecule has 0 bridgehead atoms. The van der Waals surface area contributed by atoms with Crippen LogP contribution in [0.2, 0.25) is 0 Å². The summed E-state index contributed by atoms with van der Waals surface area (Å²) in [5, 5.41) is 0. The van der Waals surface area contributed by atoms with Crippen molar-refractivity contribution in [2.24, 2.45) is 5.73 Å². The predicted molar refractivity (Wildman–Crippen MR) is 52.9 cm³/mol. The van der Waals surface area contributed by atoms with E-state index in [2.05, 4.69) is 35.1 Å². The minimum Gasteiger partial charge on any atom is -0.329 e. The third-order valence-corrected chi connectivity index (χ3v) is 2.47. The van der Waals surface area contributed by atoms with Crippen LogP contribution in [0.3, 0.4) is 0 Å². The van der Waals surface area contributed by atoms with Crippen molar-refractivity contribution in [2.75, 3.05) is 6.54 Å². The Morgan fingerprint density at radius 1 is 1.23 bits per heavy atom. The van der Waals surface area contributed by atoms with Crippen LogP contribution in [0.1, 0.15) is 18.0 Å². The van der Waals surface area contributed by atoms with Crippen molar-refractivity contribution < 1.29 is 0 Å². The first-order chi connectivity index (χ1) is 6.40. The monoisotopic (exact) mass is 177 g/mol. The van der Waals surface area contributed by atoms with Crippen molar-refractivity contribution in [3.05, 3.63) is 35.9 Å². The molecular weight excluding hydrogens is 162 g/mol. The maximum Gasteiger partial charge on any atom is 0.0478 e. The van der Waals surface area contributed by atoms with Gasteiger partial charge in [0.2, 0.25) is 0 Å². The molecule has 1 aromatic carbocycles. The first-order valence-electron chi connectivity index (χ1n) is 4.66. The lowest BCUT2D eigenvalue weighted by molar-refractivity contribution is 0.546. The van der Waals surface area contributed by atoms with E-state index in [4.69, 9.17) is 5.73 Å². The lowest BCUT2D eigenvalue weighted by atomic mass is 10.0. The Labute approximate surface area is 78.3 Å². The average molecular weight is 177 g/mol. The Balaban J connectivity index is 2.04. The zero-order valence-electron chi connectivity index (χ0n) is 7.53. The fraction of sp³-hybridized carbons (Fsp3) is 0.400. The van der Waals surface area contributed by atoms with Crippen LogP contribution in [-0.4, -0.2) is 12.6 Å². The minimum atomic E-state index is 0.408. The minimum absolute atomic E-state index is 0.408. The highest BCUT2D eigenvalue weighted by Gasteiger charge is 2.23. The van der Waals surface area contributed by atoms with Crippen molar-refractivity contribution in [2.45, 2.75) is 18.5 Å². The van der Waals surface area contributed by atoms with Gasteiger partial charge in [-0.15, -0.1) is 0 Å². The Morgan fingerprint density at radius 2 is 2.00 bits per heavy atom. The molecular formula is C10H15N3. The van der Waals surface area contributed by atoms with E-state index in [0.717, 1.165) is 6.42 Å². The van der Waals surface area contributed by atoms with Crippen LogP contribution in [0.25, 0.3) is 0 Å². The van der Waals surface area contributed by atoms with Gasteiger partial charge in [-0.3, -0.25) is 5.43 Å². The molecule has 70 valence electrons. The van der Waals surface area contributed by atoms with Gasteiger partial charge >= 0.3 is 0 Å². The Kier molecular flexibility index (Phi) is 2.59. The van der Waals surface area contributed by atoms with Crippen LogP contribution in [0.15, 0.2) is 30.3 Å². The SMILES string of the molecule is NCC1CC(c2ccccc2)NN1. The summed E-state index contributed by atoms with van der Waals surface area (Å²) in [6.07, 6.45) is 1.07. The van der Waals surface area contributed by atoms with Gasteiger partial charge in [-0.05, 0) is 12.0 Å². The van der Waals surface area contributed by atoms with Gasteiger partial charge in [0, 0.05) is 18.6 Å². The van der Waals surface area contributed by atoms with E-state index in [9.17, 15) is 0 Å². The molecule has 2 unspecified atom stereocenters. The molecule has 1 aliphatic rings. The Hall–Kier alpha value is -0.900. The van der Waals surface area contributed by atoms with Crippen LogP contribution >= 0.6 is 0 Å². The maximum atomic E-state index is 5.57. The van der Waals surface area contributed by atoms with E-state index in [0.29, 0.717) is 18.6 Å². The fourth-order valence-electron chi connectivity index (χ4n) is 1.68. The second-order valence-electron chi connectivity index (χ2n) is 3.42. The molecule has 0 saturated carbocycles. The molecule has 1 saturated heterocycles. The summed E-state index contributed by atoms with van der Waals surface area (Å²) >= 11 is 0. The molecule has 0 aromatic heterocycles. The third-order valence-electron chi connectivity index (χ3n) is 2.47. The van der Waals surface area contributed by atoms with Crippen molar-refractivity contribution in [1.29, 1.82) is 0 Å². The molecule has 1 heterocycles. The highest BCUT2D eigenvalue weighted by atomic mass is 15.4. The normalized spacial score (nSPS) is 27.8. The predicted octanol–water partition coefficient (Wildman–Crippen LogP) is 0.553. The Morgan fingerprint density at radius 3 is 2.62 bits per heavy atom. The van der Waals surface area contributed by atoms with Crippen LogP contribution in [0.5, 0.6) is 0 Å². The van der Waals surface area contributed by atoms with E-state index >= 15 is 0 Å². The summed E-state index contributed by atoms with van der Waals surface area (Å²) in [6.45, 7) is 0.691. The molecule has 1 fully saturated rings. The largest absolute Gasteiger partial charge is 0.329 e. The van der Waals surface area contributed by atoms with Crippen LogP contribution in [-0.2, 0) is 0 Å². The quantitative estimate of drug-likeness (QED) is 0.618. The summed E-state index contributed by atoms with van der Waals surface area (Å²) in [6, 6.07) is 11.3. The summed E-state index contributed by atoms with van der Waals surface area (Å²) < 4.78 is 0. The first-order valence-corrected chi connectivity index (χ1v) is 4.66. The summed E-state index contributed by atoms with van der Waals surface area (Å²) in [5.41, 5.74) is 13.3. The maximum absolute atomic E-state index is 5.57. The summed E-state index contributed by atoms with van der Waals surface area (Å²) in [7, 11) is 0. The second kappa shape index (κ2) is 3.87. The van der Waals surface area contributed by atoms with Gasteiger partial charge in [0.25, 0.3) is 0 Å². The van der Waals surface area contributed by atoms with E-state index < -0.39 is 0 Å². The molecule has 0 amide bonds. The van der Waals surface area contributed by atoms with Gasteiger partial charge in [-0.2, -0.15) is 0 Å². The molecule has 3 heteroatoms. The average Bonchev–Trinajstić information content (AvgIpc) is 2.67. The van der Waals surface area contributed by atoms with Crippen LogP contribution in [0.4, 0.5) is 0 Å². The van der Waals surface area contributed by atoms with Gasteiger partial charge in [-0.25, -0.2) is 5.43 Å². The molecule has 0 spiro atoms. The van der Waals surface area contributed by atoms with Gasteiger partial charge < -0.3 is 5.73 Å². The van der Waals surface area contributed by atoms with Crippen molar-refractivity contribution >= 4 is 0 Å². The van der Waals surface area contributed by atoms with Crippen LogP contribution < -0.4 is 16.6 Å². The van der Waals surface area contributed by atoms with E-state index in [1.54, 1.807) is 0 Å². The lowest BCUT2D eigenvalue weighted by Crippen LogP contribution is -2.35. The lowest BCUT2D eigenvalue weighted by Gasteiger charge is -2.08. The number of hydrogen-bond acceptors (Lipinski definition) is 3. The molecule has 2 atom stereocenters. The fourth-order valence-corrected chi connectivity index (χ4v) is 1.68. The number of nitrogens with two attached hydrogens (primary N) is 1. The molecule has 13 heavy (non-hydrogen) atoms. The van der Waals surface area contributed by atoms with Crippen LogP contribution in [0, 0.1) is 0 Å². The molecule has 1 aliphatic heterocycles. The number of rotatable bonds is 2. The molecule has 3 nitrogen and oxygen atoms in total. The van der Waals surface area contributed by atoms with E-state index in [-0.39, 0.29) is 0 Å². The van der Waals surface area contributed by atoms with Gasteiger partial charge in [0.15, 0.2) is 0 Å². The van der Waals surface area contributed by atoms with E-state index in [1.165, 1.54) is 5.56 Å². The number of benzene rings is 1. The van der Waals surface area contributed by atoms with Crippen molar-refractivity contribution in [3.8, 4) is 0 Å². The molecule has 0 radical (unpaired) electrons. The van der Waals surface area contributed by atoms with Crippen molar-refractivity contribution in [1.82, 2.24) is 10.9 Å². The van der Waals surface area contributed by atoms with Gasteiger partial charge in [-0.1, -0.05) is 30.3 Å². The molecule has 2 rings (SSSR count). The smallest absolute Gasteiger partial charge is 0.0478 e. The summed E-state index contributed by atoms with van der Waals surface area (Å²) in [5.74, 6) is 0. The number of hydrazine groups is 1. The Bertz CT molecular complexity index is 260.